The van der Waals surface area contributed by atoms with Crippen molar-refractivity contribution in [2.24, 2.45) is 11.3 Å². The molecule has 0 aliphatic rings. The minimum Gasteiger partial charge on any atom is -0.465 e. The molecule has 0 fully saturated rings. The maximum absolute atomic E-state index is 12.9. The number of carbonyl (C=O) groups excluding carboxylic acids is 4. The van der Waals surface area contributed by atoms with E-state index in [1.807, 2.05) is 13.8 Å². The van der Waals surface area contributed by atoms with Gasteiger partial charge in [-0.25, -0.2) is 9.78 Å². The van der Waals surface area contributed by atoms with Crippen molar-refractivity contribution >= 4 is 23.9 Å². The Morgan fingerprint density at radius 3 is 1.48 bits per heavy atom. The topological polar surface area (TPSA) is 124 Å². The molecule has 52 heavy (non-hydrogen) atoms. The number of esters is 4. The highest BCUT2D eigenvalue weighted by atomic mass is 17.2. The van der Waals surface area contributed by atoms with Gasteiger partial charge in [-0.15, -0.1) is 0 Å². The number of hydrogen-bond acceptors (Lipinski definition) is 10. The normalized spacial score (nSPS) is 12.4. The van der Waals surface area contributed by atoms with E-state index in [1.54, 1.807) is 13.8 Å². The Bertz CT molecular complexity index is 905. The molecule has 0 bridgehead atoms. The molecule has 0 aliphatic heterocycles. The Hall–Kier alpha value is -2.46. The summed E-state index contributed by atoms with van der Waals surface area (Å²) in [5, 5.41) is 0. The smallest absolute Gasteiger partial charge is 0.311 e. The van der Waals surface area contributed by atoms with Gasteiger partial charge in [0.15, 0.2) is 0 Å². The van der Waals surface area contributed by atoms with Crippen LogP contribution >= 0.6 is 0 Å². The predicted octanol–water partition coefficient (Wildman–Crippen LogP) is 10.8. The van der Waals surface area contributed by atoms with Gasteiger partial charge in [0.1, 0.15) is 33.0 Å². The molecular weight excluding hydrogens is 664 g/mol. The Balaban J connectivity index is -0.0000120. The summed E-state index contributed by atoms with van der Waals surface area (Å²) >= 11 is 0. The van der Waals surface area contributed by atoms with Crippen molar-refractivity contribution in [2.75, 3.05) is 39.6 Å². The van der Waals surface area contributed by atoms with E-state index in [1.165, 1.54) is 83.5 Å². The lowest BCUT2D eigenvalue weighted by Gasteiger charge is -2.28. The van der Waals surface area contributed by atoms with Gasteiger partial charge in [0, 0.05) is 12.8 Å². The molecule has 0 saturated carbocycles. The van der Waals surface area contributed by atoms with Gasteiger partial charge in [-0.2, -0.15) is 0 Å². The van der Waals surface area contributed by atoms with Crippen LogP contribution in [-0.2, 0) is 47.9 Å². The second kappa shape index (κ2) is 36.9. The van der Waals surface area contributed by atoms with E-state index in [0.29, 0.717) is 19.4 Å². The average Bonchev–Trinajstić information content (AvgIpc) is 3.09. The zero-order valence-corrected chi connectivity index (χ0v) is 32.5. The average molecular weight is 745 g/mol. The number of rotatable bonds is 35. The third kappa shape index (κ3) is 32.2. The van der Waals surface area contributed by atoms with Gasteiger partial charge >= 0.3 is 23.9 Å². The lowest BCUT2D eigenvalue weighted by molar-refractivity contribution is -0.291. The molecule has 0 N–H and O–H groups in total. The highest BCUT2D eigenvalue weighted by Crippen LogP contribution is 2.32. The number of ether oxygens (including phenoxy) is 4. The molecule has 0 aromatic rings. The van der Waals surface area contributed by atoms with E-state index in [0.717, 1.165) is 24.8 Å². The molecule has 10 nitrogen and oxygen atoms in total. The quantitative estimate of drug-likeness (QED) is 0.0155. The van der Waals surface area contributed by atoms with Crippen LogP contribution in [0.4, 0.5) is 0 Å². The first-order valence-electron chi connectivity index (χ1n) is 19.6. The maximum atomic E-state index is 12.9. The lowest BCUT2D eigenvalue weighted by Crippen LogP contribution is -2.34. The molecule has 0 spiro atoms. The highest BCUT2D eigenvalue weighted by Gasteiger charge is 2.36. The van der Waals surface area contributed by atoms with Crippen molar-refractivity contribution in [3.05, 3.63) is 12.2 Å². The SMILES string of the molecule is C.C.C=C(C)COOCCOC(=O)CCCC(=O)OCCOC(=O)C(C)CC(C)(CC)C(=O)OCCCCCCCCCCCCCCCCCC. The molecule has 2 unspecified atom stereocenters. The van der Waals surface area contributed by atoms with Gasteiger partial charge in [-0.1, -0.05) is 144 Å². The van der Waals surface area contributed by atoms with Crippen LogP contribution in [0.25, 0.3) is 0 Å². The van der Waals surface area contributed by atoms with Crippen LogP contribution in [-0.4, -0.2) is 63.5 Å². The van der Waals surface area contributed by atoms with Gasteiger partial charge in [0.05, 0.1) is 17.9 Å². The van der Waals surface area contributed by atoms with Crippen LogP contribution in [0.2, 0.25) is 0 Å². The van der Waals surface area contributed by atoms with Crippen LogP contribution in [0, 0.1) is 11.3 Å². The van der Waals surface area contributed by atoms with Crippen molar-refractivity contribution in [1.82, 2.24) is 0 Å². The molecule has 0 rings (SSSR count). The zero-order valence-electron chi connectivity index (χ0n) is 32.5. The van der Waals surface area contributed by atoms with Crippen LogP contribution in [0.1, 0.15) is 184 Å². The molecule has 0 radical (unpaired) electrons. The highest BCUT2D eigenvalue weighted by molar-refractivity contribution is 5.78. The fourth-order valence-corrected chi connectivity index (χ4v) is 5.47. The molecule has 0 heterocycles. The summed E-state index contributed by atoms with van der Waals surface area (Å²) in [7, 11) is 0. The van der Waals surface area contributed by atoms with E-state index >= 15 is 0 Å². The third-order valence-corrected chi connectivity index (χ3v) is 8.83. The number of unbranched alkanes of at least 4 members (excludes halogenated alkanes) is 15. The Morgan fingerprint density at radius 2 is 1.02 bits per heavy atom. The van der Waals surface area contributed by atoms with Crippen LogP contribution in [0.15, 0.2) is 12.2 Å². The monoisotopic (exact) mass is 745 g/mol. The standard InChI is InChI=1S/C40H72O10.2CH4/c1-7-9-10-11-12-13-14-15-16-17-18-19-20-21-22-23-27-48-39(44)40(6,8-2)32-35(5)38(43)47-29-28-45-36(41)25-24-26-37(42)46-30-31-49-50-33-34(3)4;;/h35H,3,7-33H2,1-2,4-6H3;2*1H4. The van der Waals surface area contributed by atoms with E-state index in [-0.39, 0.29) is 73.1 Å². The van der Waals surface area contributed by atoms with E-state index in [2.05, 4.69) is 13.5 Å². The van der Waals surface area contributed by atoms with Crippen molar-refractivity contribution < 1.29 is 47.9 Å². The minimum atomic E-state index is -0.785. The van der Waals surface area contributed by atoms with Gasteiger partial charge in [0.25, 0.3) is 0 Å². The number of carbonyl (C=O) groups is 4. The molecule has 0 aliphatic carbocycles. The number of hydrogen-bond donors (Lipinski definition) is 0. The van der Waals surface area contributed by atoms with Crippen LogP contribution < -0.4 is 0 Å². The third-order valence-electron chi connectivity index (χ3n) is 8.83. The van der Waals surface area contributed by atoms with Crippen LogP contribution in [0.5, 0.6) is 0 Å². The second-order valence-corrected chi connectivity index (χ2v) is 14.0. The van der Waals surface area contributed by atoms with Gasteiger partial charge < -0.3 is 18.9 Å². The Labute approximate surface area is 318 Å². The largest absolute Gasteiger partial charge is 0.465 e. The molecule has 10 heteroatoms. The lowest BCUT2D eigenvalue weighted by atomic mass is 9.79. The summed E-state index contributed by atoms with van der Waals surface area (Å²) in [6.07, 6.45) is 21.9. The Kier molecular flexibility index (Phi) is 38.2. The van der Waals surface area contributed by atoms with Crippen LogP contribution in [0.3, 0.4) is 0 Å². The fourth-order valence-electron chi connectivity index (χ4n) is 5.47. The van der Waals surface area contributed by atoms with Gasteiger partial charge in [-0.05, 0) is 39.5 Å². The zero-order chi connectivity index (χ0) is 37.3. The summed E-state index contributed by atoms with van der Waals surface area (Å²) in [5.74, 6) is -2.20. The van der Waals surface area contributed by atoms with E-state index < -0.39 is 29.2 Å². The molecule has 308 valence electrons. The molecular formula is C42H80O10. The predicted molar refractivity (Wildman–Crippen MR) is 210 cm³/mol. The van der Waals surface area contributed by atoms with Gasteiger partial charge in [-0.3, -0.25) is 19.2 Å². The summed E-state index contributed by atoms with van der Waals surface area (Å²) in [6.45, 7) is 13.8. The van der Waals surface area contributed by atoms with E-state index in [9.17, 15) is 19.2 Å². The summed E-state index contributed by atoms with van der Waals surface area (Å²) in [4.78, 5) is 58.8. The Morgan fingerprint density at radius 1 is 0.577 bits per heavy atom. The van der Waals surface area contributed by atoms with Crippen molar-refractivity contribution in [3.63, 3.8) is 0 Å². The summed E-state index contributed by atoms with van der Waals surface area (Å²) in [6, 6.07) is 0. The van der Waals surface area contributed by atoms with Crippen molar-refractivity contribution in [2.45, 2.75) is 184 Å². The molecule has 0 saturated heterocycles. The molecule has 0 amide bonds. The molecule has 0 aromatic heterocycles. The van der Waals surface area contributed by atoms with Crippen molar-refractivity contribution in [3.8, 4) is 0 Å². The minimum absolute atomic E-state index is 0. The first-order valence-corrected chi connectivity index (χ1v) is 19.6. The van der Waals surface area contributed by atoms with Crippen molar-refractivity contribution in [1.29, 1.82) is 0 Å². The van der Waals surface area contributed by atoms with Gasteiger partial charge in [0.2, 0.25) is 0 Å². The van der Waals surface area contributed by atoms with E-state index in [4.69, 9.17) is 28.7 Å². The first-order chi connectivity index (χ1) is 24.1. The summed E-state index contributed by atoms with van der Waals surface area (Å²) < 4.78 is 21.0. The first kappa shape index (κ1) is 53.9. The maximum Gasteiger partial charge on any atom is 0.311 e. The molecule has 0 aromatic carbocycles. The second-order valence-electron chi connectivity index (χ2n) is 14.0. The fraction of sp³-hybridized carbons (Fsp3) is 0.857. The molecule has 2 atom stereocenters. The summed E-state index contributed by atoms with van der Waals surface area (Å²) in [5.41, 5.74) is 0.0256.